The van der Waals surface area contributed by atoms with Crippen LogP contribution in [0.25, 0.3) is 0 Å². The molecule has 4 nitrogen and oxygen atoms in total. The number of nitrogens with zero attached hydrogens (tertiary/aromatic N) is 1. The Morgan fingerprint density at radius 1 is 1.24 bits per heavy atom. The minimum atomic E-state index is 0.484. The van der Waals surface area contributed by atoms with E-state index in [2.05, 4.69) is 33.2 Å². The van der Waals surface area contributed by atoms with Crippen LogP contribution in [0, 0.1) is 0 Å². The Morgan fingerprint density at radius 3 is 2.81 bits per heavy atom. The molecular formula is C16H19BrN2O2. The summed E-state index contributed by atoms with van der Waals surface area (Å²) in [5.74, 6) is 1.69. The van der Waals surface area contributed by atoms with Crippen LogP contribution in [0.4, 0.5) is 0 Å². The second-order valence-corrected chi connectivity index (χ2v) is 5.47. The fourth-order valence-corrected chi connectivity index (χ4v) is 2.33. The predicted octanol–water partition coefficient (Wildman–Crippen LogP) is 3.54. The van der Waals surface area contributed by atoms with Gasteiger partial charge in [-0.05, 0) is 46.7 Å². The average Bonchev–Trinajstić information content (AvgIpc) is 2.51. The van der Waals surface area contributed by atoms with Gasteiger partial charge in [0.15, 0.2) is 0 Å². The van der Waals surface area contributed by atoms with Crippen LogP contribution in [0.1, 0.15) is 18.1 Å². The van der Waals surface area contributed by atoms with Crippen molar-refractivity contribution in [2.75, 3.05) is 13.7 Å². The van der Waals surface area contributed by atoms with E-state index in [9.17, 15) is 0 Å². The van der Waals surface area contributed by atoms with Crippen molar-refractivity contribution in [2.24, 2.45) is 0 Å². The fraction of sp³-hybridized carbons (Fsp3) is 0.312. The number of halogens is 1. The Bertz CT molecular complexity index is 590. The summed E-state index contributed by atoms with van der Waals surface area (Å²) < 4.78 is 12.1. The highest BCUT2D eigenvalue weighted by Gasteiger charge is 2.06. The third-order valence-electron chi connectivity index (χ3n) is 2.99. The molecule has 0 saturated heterocycles. The molecule has 0 aliphatic carbocycles. The van der Waals surface area contributed by atoms with Crippen molar-refractivity contribution in [3.8, 4) is 11.5 Å². The van der Waals surface area contributed by atoms with Crippen molar-refractivity contribution in [1.29, 1.82) is 0 Å². The first-order valence-electron chi connectivity index (χ1n) is 6.82. The second-order valence-electron chi connectivity index (χ2n) is 4.55. The molecule has 0 aliphatic rings. The number of aromatic nitrogens is 1. The van der Waals surface area contributed by atoms with Gasteiger partial charge in [0.2, 0.25) is 0 Å². The molecule has 0 spiro atoms. The average molecular weight is 351 g/mol. The van der Waals surface area contributed by atoms with E-state index in [1.807, 2.05) is 24.3 Å². The van der Waals surface area contributed by atoms with Crippen molar-refractivity contribution in [2.45, 2.75) is 20.1 Å². The highest BCUT2D eigenvalue weighted by atomic mass is 79.9. The lowest BCUT2D eigenvalue weighted by atomic mass is 10.2. The van der Waals surface area contributed by atoms with Crippen molar-refractivity contribution in [3.05, 3.63) is 52.3 Å². The molecule has 0 amide bonds. The molecule has 0 aliphatic heterocycles. The Hall–Kier alpha value is -1.59. The number of pyridine rings is 1. The summed E-state index contributed by atoms with van der Waals surface area (Å²) >= 11 is 3.41. The Balaban J connectivity index is 2.10. The maximum atomic E-state index is 5.92. The Morgan fingerprint density at radius 2 is 2.10 bits per heavy atom. The van der Waals surface area contributed by atoms with E-state index >= 15 is 0 Å². The van der Waals surface area contributed by atoms with Crippen LogP contribution in [0.5, 0.6) is 11.5 Å². The van der Waals surface area contributed by atoms with Crippen LogP contribution >= 0.6 is 15.9 Å². The van der Waals surface area contributed by atoms with Crippen LogP contribution in [0.15, 0.2) is 41.1 Å². The van der Waals surface area contributed by atoms with Gasteiger partial charge in [-0.15, -0.1) is 0 Å². The summed E-state index contributed by atoms with van der Waals surface area (Å²) in [4.78, 5) is 4.14. The maximum Gasteiger partial charge on any atom is 0.124 e. The zero-order valence-electron chi connectivity index (χ0n) is 12.2. The molecule has 112 valence electrons. The molecular weight excluding hydrogens is 332 g/mol. The SMILES string of the molecule is CCNCc1cc(OC)ccc1OCc1cncc(Br)c1. The van der Waals surface area contributed by atoms with Crippen LogP contribution < -0.4 is 14.8 Å². The molecule has 1 N–H and O–H groups in total. The number of ether oxygens (including phenoxy) is 2. The molecule has 2 aromatic rings. The molecule has 0 unspecified atom stereocenters. The molecule has 0 radical (unpaired) electrons. The molecule has 0 fully saturated rings. The molecule has 21 heavy (non-hydrogen) atoms. The van der Waals surface area contributed by atoms with Crippen molar-refractivity contribution < 1.29 is 9.47 Å². The summed E-state index contributed by atoms with van der Waals surface area (Å²) in [6.45, 7) is 4.22. The summed E-state index contributed by atoms with van der Waals surface area (Å²) in [7, 11) is 1.67. The highest BCUT2D eigenvalue weighted by Crippen LogP contribution is 2.25. The molecule has 0 bridgehead atoms. The normalized spacial score (nSPS) is 10.4. The van der Waals surface area contributed by atoms with Crippen molar-refractivity contribution >= 4 is 15.9 Å². The monoisotopic (exact) mass is 350 g/mol. The number of benzene rings is 1. The lowest BCUT2D eigenvalue weighted by molar-refractivity contribution is 0.300. The number of hydrogen-bond donors (Lipinski definition) is 1. The molecule has 5 heteroatoms. The lowest BCUT2D eigenvalue weighted by Crippen LogP contribution is -2.13. The molecule has 0 atom stereocenters. The summed E-state index contributed by atoms with van der Waals surface area (Å²) in [6, 6.07) is 7.85. The van der Waals surface area contributed by atoms with Gasteiger partial charge in [-0.3, -0.25) is 4.98 Å². The molecule has 0 saturated carbocycles. The Kier molecular flexibility index (Phi) is 6.02. The van der Waals surface area contributed by atoms with E-state index in [0.29, 0.717) is 6.61 Å². The third kappa shape index (κ3) is 4.72. The third-order valence-corrected chi connectivity index (χ3v) is 3.42. The molecule has 1 aromatic carbocycles. The number of nitrogens with one attached hydrogen (secondary N) is 1. The van der Waals surface area contributed by atoms with Crippen LogP contribution in [-0.4, -0.2) is 18.6 Å². The number of rotatable bonds is 7. The van der Waals surface area contributed by atoms with Gasteiger partial charge < -0.3 is 14.8 Å². The summed E-state index contributed by atoms with van der Waals surface area (Å²) in [5.41, 5.74) is 2.11. The van der Waals surface area contributed by atoms with Crippen molar-refractivity contribution in [3.63, 3.8) is 0 Å². The minimum absolute atomic E-state index is 0.484. The van der Waals surface area contributed by atoms with Gasteiger partial charge >= 0.3 is 0 Å². The molecule has 2 rings (SSSR count). The largest absolute Gasteiger partial charge is 0.497 e. The number of methoxy groups -OCH3 is 1. The van der Waals surface area contributed by atoms with Gasteiger partial charge in [0.1, 0.15) is 18.1 Å². The van der Waals surface area contributed by atoms with Gasteiger partial charge in [-0.1, -0.05) is 6.92 Å². The van der Waals surface area contributed by atoms with Crippen LogP contribution in [0.2, 0.25) is 0 Å². The van der Waals surface area contributed by atoms with E-state index in [1.54, 1.807) is 19.5 Å². The predicted molar refractivity (Wildman–Crippen MR) is 86.6 cm³/mol. The standard InChI is InChI=1S/C16H19BrN2O2/c1-3-18-9-13-7-15(20-2)4-5-16(13)21-11-12-6-14(17)10-19-8-12/h4-8,10,18H,3,9,11H2,1-2H3. The molecule has 1 heterocycles. The highest BCUT2D eigenvalue weighted by molar-refractivity contribution is 9.10. The quantitative estimate of drug-likeness (QED) is 0.829. The number of hydrogen-bond acceptors (Lipinski definition) is 4. The van der Waals surface area contributed by atoms with Gasteiger partial charge in [0, 0.05) is 34.5 Å². The summed E-state index contributed by atoms with van der Waals surface area (Å²) in [5, 5.41) is 3.31. The van der Waals surface area contributed by atoms with Crippen molar-refractivity contribution in [1.82, 2.24) is 10.3 Å². The Labute approximate surface area is 133 Å². The van der Waals surface area contributed by atoms with Crippen LogP contribution in [-0.2, 0) is 13.2 Å². The fourth-order valence-electron chi connectivity index (χ4n) is 1.92. The van der Waals surface area contributed by atoms with Crippen LogP contribution in [0.3, 0.4) is 0 Å². The van der Waals surface area contributed by atoms with E-state index in [0.717, 1.165) is 40.2 Å². The van der Waals surface area contributed by atoms with Gasteiger partial charge in [0.05, 0.1) is 7.11 Å². The topological polar surface area (TPSA) is 43.4 Å². The molecule has 1 aromatic heterocycles. The zero-order valence-corrected chi connectivity index (χ0v) is 13.8. The van der Waals surface area contributed by atoms with E-state index in [-0.39, 0.29) is 0 Å². The van der Waals surface area contributed by atoms with Gasteiger partial charge in [-0.2, -0.15) is 0 Å². The maximum absolute atomic E-state index is 5.92. The first kappa shape index (κ1) is 15.8. The summed E-state index contributed by atoms with van der Waals surface area (Å²) in [6.07, 6.45) is 3.56. The van der Waals surface area contributed by atoms with E-state index in [1.165, 1.54) is 0 Å². The zero-order chi connectivity index (χ0) is 15.1. The first-order valence-corrected chi connectivity index (χ1v) is 7.62. The second kappa shape index (κ2) is 8.00. The van der Waals surface area contributed by atoms with Gasteiger partial charge in [0.25, 0.3) is 0 Å². The lowest BCUT2D eigenvalue weighted by Gasteiger charge is -2.13. The van der Waals surface area contributed by atoms with Gasteiger partial charge in [-0.25, -0.2) is 0 Å². The van der Waals surface area contributed by atoms with E-state index in [4.69, 9.17) is 9.47 Å². The van der Waals surface area contributed by atoms with E-state index < -0.39 is 0 Å². The minimum Gasteiger partial charge on any atom is -0.497 e. The smallest absolute Gasteiger partial charge is 0.124 e. The first-order chi connectivity index (χ1) is 10.2.